The Morgan fingerprint density at radius 3 is 2.58 bits per heavy atom. The molecule has 0 fully saturated rings. The van der Waals surface area contributed by atoms with Crippen LogP contribution in [0.2, 0.25) is 0 Å². The van der Waals surface area contributed by atoms with Crippen molar-refractivity contribution < 1.29 is 27.7 Å². The van der Waals surface area contributed by atoms with E-state index in [0.717, 1.165) is 5.56 Å². The SMILES string of the molecule is CCNC(=NCc1ccc(OC(C)C)nc1)NCc1cc2c(cc1OC(F)F)OCO2. The van der Waals surface area contributed by atoms with Gasteiger partial charge < -0.3 is 29.6 Å². The second kappa shape index (κ2) is 10.6. The van der Waals surface area contributed by atoms with E-state index in [2.05, 4.69) is 25.3 Å². The molecule has 0 aliphatic carbocycles. The molecule has 1 aliphatic heterocycles. The molecule has 1 aliphatic rings. The molecule has 168 valence electrons. The van der Waals surface area contributed by atoms with E-state index in [1.165, 1.54) is 6.07 Å². The molecule has 0 bridgehead atoms. The van der Waals surface area contributed by atoms with Crippen LogP contribution in [0.5, 0.6) is 23.1 Å². The second-order valence-electron chi connectivity index (χ2n) is 6.91. The van der Waals surface area contributed by atoms with E-state index < -0.39 is 6.61 Å². The van der Waals surface area contributed by atoms with Gasteiger partial charge in [0.1, 0.15) is 5.75 Å². The lowest BCUT2D eigenvalue weighted by molar-refractivity contribution is -0.0505. The van der Waals surface area contributed by atoms with Gasteiger partial charge in [-0.15, -0.1) is 0 Å². The Bertz CT molecular complexity index is 892. The lowest BCUT2D eigenvalue weighted by Gasteiger charge is -2.15. The minimum absolute atomic E-state index is 0.0209. The van der Waals surface area contributed by atoms with Gasteiger partial charge in [-0.3, -0.25) is 0 Å². The van der Waals surface area contributed by atoms with Crippen molar-refractivity contribution in [1.29, 1.82) is 0 Å². The Labute approximate surface area is 179 Å². The highest BCUT2D eigenvalue weighted by Gasteiger charge is 2.20. The summed E-state index contributed by atoms with van der Waals surface area (Å²) < 4.78 is 46.4. The minimum atomic E-state index is -2.95. The third-order valence-electron chi connectivity index (χ3n) is 4.14. The molecule has 31 heavy (non-hydrogen) atoms. The van der Waals surface area contributed by atoms with Crippen LogP contribution >= 0.6 is 0 Å². The van der Waals surface area contributed by atoms with Crippen LogP contribution in [0, 0.1) is 0 Å². The van der Waals surface area contributed by atoms with Gasteiger partial charge in [0.2, 0.25) is 12.7 Å². The number of halogens is 2. The first-order valence-electron chi connectivity index (χ1n) is 9.95. The molecule has 0 atom stereocenters. The van der Waals surface area contributed by atoms with Crippen molar-refractivity contribution >= 4 is 5.96 Å². The van der Waals surface area contributed by atoms with Crippen LogP contribution in [0.25, 0.3) is 0 Å². The largest absolute Gasteiger partial charge is 0.475 e. The second-order valence-corrected chi connectivity index (χ2v) is 6.91. The molecule has 0 unspecified atom stereocenters. The summed E-state index contributed by atoms with van der Waals surface area (Å²) in [4.78, 5) is 8.78. The predicted octanol–water partition coefficient (Wildman–Crippen LogP) is 3.45. The summed E-state index contributed by atoms with van der Waals surface area (Å²) in [5, 5.41) is 6.24. The summed E-state index contributed by atoms with van der Waals surface area (Å²) in [5.74, 6) is 1.95. The summed E-state index contributed by atoms with van der Waals surface area (Å²) in [6.45, 7) is 4.11. The zero-order valence-electron chi connectivity index (χ0n) is 17.7. The van der Waals surface area contributed by atoms with Crippen LogP contribution in [0.1, 0.15) is 31.9 Å². The maximum atomic E-state index is 12.8. The van der Waals surface area contributed by atoms with Crippen molar-refractivity contribution in [2.24, 2.45) is 4.99 Å². The Morgan fingerprint density at radius 1 is 1.16 bits per heavy atom. The molecule has 3 rings (SSSR count). The van der Waals surface area contributed by atoms with Gasteiger partial charge in [0.25, 0.3) is 0 Å². The van der Waals surface area contributed by atoms with Crippen LogP contribution < -0.4 is 29.6 Å². The molecule has 0 saturated heterocycles. The highest BCUT2D eigenvalue weighted by molar-refractivity contribution is 5.79. The molecule has 0 amide bonds. The molecule has 2 heterocycles. The molecule has 1 aromatic heterocycles. The van der Waals surface area contributed by atoms with Crippen molar-refractivity contribution in [3.05, 3.63) is 41.6 Å². The number of rotatable bonds is 9. The van der Waals surface area contributed by atoms with Crippen molar-refractivity contribution in [3.8, 4) is 23.1 Å². The van der Waals surface area contributed by atoms with E-state index in [-0.39, 0.29) is 25.2 Å². The minimum Gasteiger partial charge on any atom is -0.475 e. The van der Waals surface area contributed by atoms with E-state index in [4.69, 9.17) is 14.2 Å². The number of ether oxygens (including phenoxy) is 4. The fourth-order valence-electron chi connectivity index (χ4n) is 2.82. The standard InChI is InChI=1S/C21H26F2N4O4/c1-4-24-21(26-10-14-5-6-19(25-9-14)30-13(2)3)27-11-15-7-17-18(29-12-28-17)8-16(15)31-20(22)23/h5-9,13,20H,4,10-12H2,1-3H3,(H2,24,26,27). The third-order valence-corrected chi connectivity index (χ3v) is 4.14. The lowest BCUT2D eigenvalue weighted by Crippen LogP contribution is -2.36. The smallest absolute Gasteiger partial charge is 0.387 e. The number of fused-ring (bicyclic) bond motifs is 1. The first-order valence-corrected chi connectivity index (χ1v) is 9.95. The van der Waals surface area contributed by atoms with Gasteiger partial charge in [-0.05, 0) is 32.4 Å². The van der Waals surface area contributed by atoms with Crippen LogP contribution in [0.4, 0.5) is 8.78 Å². The van der Waals surface area contributed by atoms with E-state index >= 15 is 0 Å². The highest BCUT2D eigenvalue weighted by atomic mass is 19.3. The van der Waals surface area contributed by atoms with Gasteiger partial charge in [0.05, 0.1) is 12.6 Å². The number of hydrogen-bond donors (Lipinski definition) is 2. The number of guanidine groups is 1. The van der Waals surface area contributed by atoms with Crippen molar-refractivity contribution in [1.82, 2.24) is 15.6 Å². The Morgan fingerprint density at radius 2 is 1.94 bits per heavy atom. The van der Waals surface area contributed by atoms with Gasteiger partial charge in [-0.2, -0.15) is 8.78 Å². The van der Waals surface area contributed by atoms with Crippen LogP contribution in [-0.4, -0.2) is 37.0 Å². The topological polar surface area (TPSA) is 86.2 Å². The maximum Gasteiger partial charge on any atom is 0.387 e. The third kappa shape index (κ3) is 6.59. The average molecular weight is 436 g/mol. The highest BCUT2D eigenvalue weighted by Crippen LogP contribution is 2.38. The summed E-state index contributed by atoms with van der Waals surface area (Å²) in [6, 6.07) is 6.71. The van der Waals surface area contributed by atoms with Gasteiger partial charge >= 0.3 is 6.61 Å². The molecular formula is C21H26F2N4O4. The van der Waals surface area contributed by atoms with Crippen LogP contribution in [0.15, 0.2) is 35.5 Å². The van der Waals surface area contributed by atoms with E-state index in [0.29, 0.717) is 42.0 Å². The van der Waals surface area contributed by atoms with Gasteiger partial charge in [0, 0.05) is 37.0 Å². The van der Waals surface area contributed by atoms with E-state index in [1.807, 2.05) is 26.8 Å². The first-order chi connectivity index (χ1) is 14.9. The zero-order valence-corrected chi connectivity index (χ0v) is 17.7. The molecular weight excluding hydrogens is 410 g/mol. The molecule has 10 heteroatoms. The molecule has 2 N–H and O–H groups in total. The fraction of sp³-hybridized carbons (Fsp3) is 0.429. The van der Waals surface area contributed by atoms with E-state index in [9.17, 15) is 8.78 Å². The average Bonchev–Trinajstić information content (AvgIpc) is 3.17. The number of pyridine rings is 1. The number of benzene rings is 1. The van der Waals surface area contributed by atoms with Crippen LogP contribution in [-0.2, 0) is 13.1 Å². The van der Waals surface area contributed by atoms with Gasteiger partial charge in [0.15, 0.2) is 17.5 Å². The quantitative estimate of drug-likeness (QED) is 0.460. The molecule has 0 radical (unpaired) electrons. The predicted molar refractivity (Wildman–Crippen MR) is 111 cm³/mol. The van der Waals surface area contributed by atoms with Crippen molar-refractivity contribution in [2.45, 2.75) is 46.6 Å². The van der Waals surface area contributed by atoms with Crippen molar-refractivity contribution in [2.75, 3.05) is 13.3 Å². The monoisotopic (exact) mass is 436 g/mol. The first kappa shape index (κ1) is 22.4. The normalized spacial score (nSPS) is 12.9. The Hall–Kier alpha value is -3.30. The molecule has 2 aromatic rings. The number of aliphatic imine (C=N–C) groups is 1. The fourth-order valence-corrected chi connectivity index (χ4v) is 2.82. The Balaban J connectivity index is 1.67. The summed E-state index contributed by atoms with van der Waals surface area (Å²) in [7, 11) is 0. The number of hydrogen-bond acceptors (Lipinski definition) is 6. The summed E-state index contributed by atoms with van der Waals surface area (Å²) in [6.07, 6.45) is 1.76. The number of alkyl halides is 2. The van der Waals surface area contributed by atoms with Crippen molar-refractivity contribution in [3.63, 3.8) is 0 Å². The summed E-state index contributed by atoms with van der Waals surface area (Å²) >= 11 is 0. The van der Waals surface area contributed by atoms with Gasteiger partial charge in [-0.1, -0.05) is 6.07 Å². The lowest BCUT2D eigenvalue weighted by atomic mass is 10.1. The number of nitrogens with one attached hydrogen (secondary N) is 2. The maximum absolute atomic E-state index is 12.8. The van der Waals surface area contributed by atoms with E-state index in [1.54, 1.807) is 18.3 Å². The van der Waals surface area contributed by atoms with Gasteiger partial charge in [-0.25, -0.2) is 9.98 Å². The molecule has 1 aromatic carbocycles. The Kier molecular flexibility index (Phi) is 7.69. The molecule has 8 nitrogen and oxygen atoms in total. The summed E-state index contributed by atoms with van der Waals surface area (Å²) in [5.41, 5.74) is 1.39. The zero-order chi connectivity index (χ0) is 22.2. The van der Waals surface area contributed by atoms with Crippen LogP contribution in [0.3, 0.4) is 0 Å². The number of nitrogens with zero attached hydrogens (tertiary/aromatic N) is 2. The molecule has 0 saturated carbocycles. The number of aromatic nitrogens is 1. The molecule has 0 spiro atoms.